The summed E-state index contributed by atoms with van der Waals surface area (Å²) >= 11 is 0. The van der Waals surface area contributed by atoms with Gasteiger partial charge in [-0.15, -0.1) is 0 Å². The molecule has 4 heteroatoms. The summed E-state index contributed by atoms with van der Waals surface area (Å²) in [5.41, 5.74) is 3.31. The fraction of sp³-hybridized carbons (Fsp3) is 0.350. The Kier molecular flexibility index (Phi) is 4.93. The van der Waals surface area contributed by atoms with Gasteiger partial charge in [0.25, 0.3) is 5.91 Å². The number of fused-ring (bicyclic) bond motifs is 1. The lowest BCUT2D eigenvalue weighted by Gasteiger charge is -2.26. The summed E-state index contributed by atoms with van der Waals surface area (Å²) in [7, 11) is 0. The second-order valence-electron chi connectivity index (χ2n) is 6.80. The van der Waals surface area contributed by atoms with Gasteiger partial charge in [-0.25, -0.2) is 4.98 Å². The summed E-state index contributed by atoms with van der Waals surface area (Å²) in [6, 6.07) is 8.99. The lowest BCUT2D eigenvalue weighted by molar-refractivity contribution is 0.102. The molecule has 1 atom stereocenters. The third-order valence-corrected chi connectivity index (χ3v) is 4.50. The van der Waals surface area contributed by atoms with Gasteiger partial charge in [0.05, 0.1) is 5.56 Å². The molecule has 1 amide bonds. The number of carbonyl (C=O) groups is 1. The van der Waals surface area contributed by atoms with Crippen LogP contribution in [0.25, 0.3) is 0 Å². The molecule has 0 unspecified atom stereocenters. The summed E-state index contributed by atoms with van der Waals surface area (Å²) in [4.78, 5) is 15.7. The fourth-order valence-electron chi connectivity index (χ4n) is 3.41. The van der Waals surface area contributed by atoms with Gasteiger partial charge in [0.15, 0.2) is 0 Å². The molecule has 1 N–H and O–H groups in total. The van der Waals surface area contributed by atoms with Gasteiger partial charge in [0.2, 0.25) is 5.95 Å². The van der Waals surface area contributed by atoms with Crippen molar-refractivity contribution < 1.29 is 9.18 Å². The third kappa shape index (κ3) is 3.81. The smallest absolute Gasteiger partial charge is 0.260 e. The number of hydrogen-bond acceptors (Lipinski definition) is 2. The van der Waals surface area contributed by atoms with Gasteiger partial charge >= 0.3 is 0 Å². The van der Waals surface area contributed by atoms with Crippen LogP contribution in [0.2, 0.25) is 0 Å². The van der Waals surface area contributed by atoms with E-state index in [2.05, 4.69) is 30.2 Å². The summed E-state index contributed by atoms with van der Waals surface area (Å²) in [5, 5.41) is 2.77. The summed E-state index contributed by atoms with van der Waals surface area (Å²) in [6.07, 6.45) is 5.80. The Hall–Kier alpha value is -2.23. The molecule has 0 spiro atoms. The van der Waals surface area contributed by atoms with Crippen molar-refractivity contribution >= 4 is 11.6 Å². The molecule has 125 valence electrons. The van der Waals surface area contributed by atoms with Crippen LogP contribution in [0.5, 0.6) is 0 Å². The van der Waals surface area contributed by atoms with Gasteiger partial charge in [0, 0.05) is 11.9 Å². The van der Waals surface area contributed by atoms with Gasteiger partial charge in [-0.1, -0.05) is 19.9 Å². The number of hydrogen-bond donors (Lipinski definition) is 1. The van der Waals surface area contributed by atoms with E-state index >= 15 is 0 Å². The Bertz CT molecular complexity index is 742. The van der Waals surface area contributed by atoms with Crippen molar-refractivity contribution in [2.24, 2.45) is 5.92 Å². The first-order valence-corrected chi connectivity index (χ1v) is 8.35. The number of nitrogens with zero attached hydrogens (tertiary/aromatic N) is 1. The van der Waals surface area contributed by atoms with Crippen LogP contribution in [0.15, 0.2) is 36.5 Å². The van der Waals surface area contributed by atoms with E-state index in [4.69, 9.17) is 0 Å². The molecule has 0 saturated carbocycles. The van der Waals surface area contributed by atoms with Gasteiger partial charge < -0.3 is 5.32 Å². The third-order valence-electron chi connectivity index (χ3n) is 4.50. The van der Waals surface area contributed by atoms with Crippen LogP contribution in [-0.2, 0) is 12.8 Å². The summed E-state index contributed by atoms with van der Waals surface area (Å²) < 4.78 is 13.6. The van der Waals surface area contributed by atoms with Crippen molar-refractivity contribution in [2.45, 2.75) is 39.5 Å². The van der Waals surface area contributed by atoms with Gasteiger partial charge in [0.1, 0.15) is 0 Å². The SMILES string of the molecule is C[C](C)C[C@@H]1CCc2cc(NC(=O)c3cccnc3F)ccc2C1. The van der Waals surface area contributed by atoms with E-state index in [0.29, 0.717) is 11.6 Å². The molecule has 0 aliphatic heterocycles. The average molecular weight is 325 g/mol. The molecule has 3 rings (SSSR count). The molecule has 1 aliphatic carbocycles. The van der Waals surface area contributed by atoms with E-state index in [0.717, 1.165) is 12.8 Å². The minimum absolute atomic E-state index is 0.0377. The molecule has 1 aliphatic rings. The Morgan fingerprint density at radius 2 is 2.12 bits per heavy atom. The van der Waals surface area contributed by atoms with Crippen molar-refractivity contribution in [1.29, 1.82) is 0 Å². The molecule has 3 nitrogen and oxygen atoms in total. The lowest BCUT2D eigenvalue weighted by Crippen LogP contribution is -2.17. The standard InChI is InChI=1S/C20H22FN2O/c1-13(2)10-14-5-6-16-12-17(8-7-15(16)11-14)23-20(24)18-4-3-9-22-19(18)21/h3-4,7-9,12,14H,5-6,10-11H2,1-2H3,(H,23,24)/t14-/m0/s1. The minimum atomic E-state index is -0.748. The number of amides is 1. The Morgan fingerprint density at radius 3 is 2.88 bits per heavy atom. The Balaban J connectivity index is 1.71. The predicted octanol–water partition coefficient (Wildman–Crippen LogP) is 4.58. The highest BCUT2D eigenvalue weighted by atomic mass is 19.1. The van der Waals surface area contributed by atoms with Crippen molar-refractivity contribution in [3.63, 3.8) is 0 Å². The Morgan fingerprint density at radius 1 is 1.29 bits per heavy atom. The fourth-order valence-corrected chi connectivity index (χ4v) is 3.41. The first kappa shape index (κ1) is 16.6. The maximum Gasteiger partial charge on any atom is 0.260 e. The van der Waals surface area contributed by atoms with Crippen LogP contribution in [0.4, 0.5) is 10.1 Å². The van der Waals surface area contributed by atoms with E-state index in [-0.39, 0.29) is 5.56 Å². The van der Waals surface area contributed by atoms with E-state index in [9.17, 15) is 9.18 Å². The molecule has 0 bridgehead atoms. The number of carbonyl (C=O) groups excluding carboxylic acids is 1. The molecule has 1 radical (unpaired) electrons. The predicted molar refractivity (Wildman–Crippen MR) is 93.3 cm³/mol. The van der Waals surface area contributed by atoms with Crippen molar-refractivity contribution in [3.8, 4) is 0 Å². The molecule has 0 fully saturated rings. The molecule has 1 aromatic heterocycles. The minimum Gasteiger partial charge on any atom is -0.322 e. The van der Waals surface area contributed by atoms with Crippen molar-refractivity contribution in [3.05, 3.63) is 65.1 Å². The zero-order chi connectivity index (χ0) is 17.1. The summed E-state index contributed by atoms with van der Waals surface area (Å²) in [6.45, 7) is 4.37. The second-order valence-corrected chi connectivity index (χ2v) is 6.80. The molecule has 1 aromatic carbocycles. The van der Waals surface area contributed by atoms with Crippen molar-refractivity contribution in [2.75, 3.05) is 5.32 Å². The molecule has 2 aromatic rings. The molecular formula is C20H22FN2O. The average Bonchev–Trinajstić information content (AvgIpc) is 2.54. The Labute approximate surface area is 142 Å². The topological polar surface area (TPSA) is 42.0 Å². The van der Waals surface area contributed by atoms with Gasteiger partial charge in [-0.05, 0) is 72.9 Å². The zero-order valence-electron chi connectivity index (χ0n) is 14.1. The highest BCUT2D eigenvalue weighted by Crippen LogP contribution is 2.31. The monoisotopic (exact) mass is 325 g/mol. The number of aromatic nitrogens is 1. The largest absolute Gasteiger partial charge is 0.322 e. The lowest BCUT2D eigenvalue weighted by atomic mass is 9.80. The number of benzene rings is 1. The molecule has 0 saturated heterocycles. The van der Waals surface area contributed by atoms with E-state index in [1.54, 1.807) is 6.07 Å². The van der Waals surface area contributed by atoms with Crippen LogP contribution in [0.1, 0.15) is 48.2 Å². The molecule has 24 heavy (non-hydrogen) atoms. The number of anilines is 1. The molecular weight excluding hydrogens is 303 g/mol. The van der Waals surface area contributed by atoms with E-state index in [1.807, 2.05) is 12.1 Å². The number of halogens is 1. The maximum absolute atomic E-state index is 13.6. The van der Waals surface area contributed by atoms with E-state index in [1.165, 1.54) is 42.1 Å². The summed E-state index contributed by atoms with van der Waals surface area (Å²) in [5.74, 6) is 0.977. The second kappa shape index (κ2) is 7.12. The van der Waals surface area contributed by atoms with Crippen LogP contribution in [0.3, 0.4) is 0 Å². The molecule has 1 heterocycles. The van der Waals surface area contributed by atoms with E-state index < -0.39 is 11.9 Å². The maximum atomic E-state index is 13.6. The highest BCUT2D eigenvalue weighted by molar-refractivity contribution is 6.04. The van der Waals surface area contributed by atoms with Crippen molar-refractivity contribution in [1.82, 2.24) is 4.98 Å². The van der Waals surface area contributed by atoms with Crippen LogP contribution in [0, 0.1) is 17.8 Å². The number of aryl methyl sites for hydroxylation is 1. The number of pyridine rings is 1. The van der Waals surface area contributed by atoms with Crippen LogP contribution < -0.4 is 5.32 Å². The normalized spacial score (nSPS) is 16.8. The number of nitrogens with one attached hydrogen (secondary N) is 1. The highest BCUT2D eigenvalue weighted by Gasteiger charge is 2.20. The van der Waals surface area contributed by atoms with Crippen LogP contribution >= 0.6 is 0 Å². The van der Waals surface area contributed by atoms with Gasteiger partial charge in [-0.3, -0.25) is 4.79 Å². The zero-order valence-corrected chi connectivity index (χ0v) is 14.1. The first-order valence-electron chi connectivity index (χ1n) is 8.35. The number of rotatable bonds is 4. The van der Waals surface area contributed by atoms with Crippen LogP contribution in [-0.4, -0.2) is 10.9 Å². The quantitative estimate of drug-likeness (QED) is 0.836. The first-order chi connectivity index (χ1) is 11.5. The van der Waals surface area contributed by atoms with Gasteiger partial charge in [-0.2, -0.15) is 4.39 Å².